The normalized spacial score (nSPS) is 23.2. The standard InChI is InChI=1S/C25H24N2O5S/c1-14(2)31-16-11-9-15(10-12-16)13-19-22(28)27-21-17-7-5-6-8-18(17)32-25(3,26-24(27)33-19)20(21)23(29)30-4/h5-14,20-21H,1-4H3/b19-13+/t20-,21-,25+/m0/s1. The molecule has 8 heteroatoms. The number of carbonyl (C=O) groups excluding carboxylic acids is 1. The second-order valence-corrected chi connectivity index (χ2v) is 9.57. The van der Waals surface area contributed by atoms with Crippen molar-refractivity contribution in [1.29, 1.82) is 0 Å². The van der Waals surface area contributed by atoms with E-state index in [1.54, 1.807) is 11.5 Å². The van der Waals surface area contributed by atoms with Crippen LogP contribution in [-0.4, -0.2) is 29.5 Å². The molecule has 0 spiro atoms. The van der Waals surface area contributed by atoms with Gasteiger partial charge in [0.2, 0.25) is 5.72 Å². The average molecular weight is 465 g/mol. The first-order valence-corrected chi connectivity index (χ1v) is 11.6. The highest BCUT2D eigenvalue weighted by Gasteiger charge is 2.55. The van der Waals surface area contributed by atoms with E-state index in [0.717, 1.165) is 16.9 Å². The van der Waals surface area contributed by atoms with Crippen molar-refractivity contribution in [3.63, 3.8) is 0 Å². The third kappa shape index (κ3) is 3.54. The highest BCUT2D eigenvalue weighted by atomic mass is 32.1. The highest BCUT2D eigenvalue weighted by molar-refractivity contribution is 7.07. The number of para-hydroxylation sites is 1. The smallest absolute Gasteiger partial charge is 0.317 e. The number of esters is 1. The number of nitrogens with zero attached hydrogens (tertiary/aromatic N) is 2. The van der Waals surface area contributed by atoms with Crippen molar-refractivity contribution in [2.75, 3.05) is 7.11 Å². The van der Waals surface area contributed by atoms with Crippen LogP contribution >= 0.6 is 11.3 Å². The Kier molecular flexibility index (Phi) is 5.12. The van der Waals surface area contributed by atoms with Crippen LogP contribution in [0, 0.1) is 5.92 Å². The number of aromatic nitrogens is 1. The second kappa shape index (κ2) is 7.88. The number of rotatable bonds is 4. The third-order valence-electron chi connectivity index (χ3n) is 5.88. The third-order valence-corrected chi connectivity index (χ3v) is 6.87. The zero-order valence-electron chi connectivity index (χ0n) is 18.8. The minimum Gasteiger partial charge on any atom is -0.491 e. The van der Waals surface area contributed by atoms with E-state index in [2.05, 4.69) is 0 Å². The first-order chi connectivity index (χ1) is 15.8. The van der Waals surface area contributed by atoms with Gasteiger partial charge in [-0.1, -0.05) is 41.7 Å². The molecule has 0 amide bonds. The van der Waals surface area contributed by atoms with Crippen LogP contribution in [0.2, 0.25) is 0 Å². The summed E-state index contributed by atoms with van der Waals surface area (Å²) in [6.07, 6.45) is 1.92. The van der Waals surface area contributed by atoms with Crippen molar-refractivity contribution in [1.82, 2.24) is 4.57 Å². The Labute approximate surface area is 194 Å². The lowest BCUT2D eigenvalue weighted by Gasteiger charge is -2.44. The Morgan fingerprint density at radius 3 is 2.64 bits per heavy atom. The first-order valence-electron chi connectivity index (χ1n) is 10.8. The van der Waals surface area contributed by atoms with Gasteiger partial charge in [0.15, 0.2) is 4.80 Å². The maximum atomic E-state index is 13.6. The molecule has 0 fully saturated rings. The van der Waals surface area contributed by atoms with Gasteiger partial charge in [0.05, 0.1) is 23.8 Å². The molecule has 7 nitrogen and oxygen atoms in total. The van der Waals surface area contributed by atoms with Crippen LogP contribution in [0.25, 0.3) is 6.08 Å². The minimum atomic E-state index is -1.17. The van der Waals surface area contributed by atoms with Crippen molar-refractivity contribution in [2.45, 2.75) is 38.6 Å². The van der Waals surface area contributed by atoms with Crippen molar-refractivity contribution in [3.05, 3.63) is 79.3 Å². The molecule has 170 valence electrons. The fourth-order valence-corrected chi connectivity index (χ4v) is 5.60. The van der Waals surface area contributed by atoms with Crippen LogP contribution in [0.3, 0.4) is 0 Å². The number of thiazole rings is 1. The van der Waals surface area contributed by atoms with Gasteiger partial charge in [0.1, 0.15) is 17.4 Å². The van der Waals surface area contributed by atoms with Crippen LogP contribution in [0.15, 0.2) is 58.3 Å². The molecule has 0 saturated heterocycles. The zero-order chi connectivity index (χ0) is 23.3. The van der Waals surface area contributed by atoms with Gasteiger partial charge in [0, 0.05) is 5.56 Å². The van der Waals surface area contributed by atoms with Crippen LogP contribution in [-0.2, 0) is 9.53 Å². The Balaban J connectivity index is 1.67. The molecule has 0 radical (unpaired) electrons. The maximum Gasteiger partial charge on any atom is 0.317 e. The van der Waals surface area contributed by atoms with Crippen molar-refractivity contribution in [2.24, 2.45) is 10.9 Å². The molecular formula is C25H24N2O5S. The topological polar surface area (TPSA) is 79.1 Å². The van der Waals surface area contributed by atoms with Crippen LogP contribution in [0.4, 0.5) is 0 Å². The molecule has 0 N–H and O–H groups in total. The molecule has 3 aromatic rings. The summed E-state index contributed by atoms with van der Waals surface area (Å²) in [5, 5.41) is 0. The summed E-state index contributed by atoms with van der Waals surface area (Å²) >= 11 is 1.29. The SMILES string of the molecule is COC(=O)[C@@H]1[C@@H]2c3ccccc3O[C@@]1(C)N=c1s/c(=C/c3ccc(OC(C)C)cc3)c(=O)n12. The van der Waals surface area contributed by atoms with Crippen LogP contribution in [0.5, 0.6) is 11.5 Å². The molecule has 2 aromatic carbocycles. The van der Waals surface area contributed by atoms with E-state index in [1.165, 1.54) is 18.4 Å². The second-order valence-electron chi connectivity index (χ2n) is 8.56. The van der Waals surface area contributed by atoms with Crippen molar-refractivity contribution in [3.8, 4) is 11.5 Å². The summed E-state index contributed by atoms with van der Waals surface area (Å²) in [4.78, 5) is 31.7. The first kappa shape index (κ1) is 21.5. The van der Waals surface area contributed by atoms with Gasteiger partial charge in [-0.25, -0.2) is 4.99 Å². The summed E-state index contributed by atoms with van der Waals surface area (Å²) in [6, 6.07) is 14.5. The number of methoxy groups -OCH3 is 1. The summed E-state index contributed by atoms with van der Waals surface area (Å²) in [5.74, 6) is 0.146. The number of carbonyl (C=O) groups is 1. The number of fused-ring (bicyclic) bond motifs is 6. The summed E-state index contributed by atoms with van der Waals surface area (Å²) in [7, 11) is 1.34. The fourth-order valence-electron chi connectivity index (χ4n) is 4.50. The Morgan fingerprint density at radius 1 is 1.21 bits per heavy atom. The Morgan fingerprint density at radius 2 is 1.94 bits per heavy atom. The average Bonchev–Trinajstić information content (AvgIpc) is 3.07. The number of hydrogen-bond acceptors (Lipinski definition) is 7. The molecule has 3 atom stereocenters. The van der Waals surface area contributed by atoms with Gasteiger partial charge in [-0.2, -0.15) is 0 Å². The lowest BCUT2D eigenvalue weighted by molar-refractivity contribution is -0.158. The number of hydrogen-bond donors (Lipinski definition) is 0. The van der Waals surface area contributed by atoms with Crippen LogP contribution < -0.4 is 24.4 Å². The Hall–Kier alpha value is -3.39. The monoisotopic (exact) mass is 464 g/mol. The van der Waals surface area contributed by atoms with E-state index in [0.29, 0.717) is 15.1 Å². The summed E-state index contributed by atoms with van der Waals surface area (Å²) in [5.41, 5.74) is 0.274. The summed E-state index contributed by atoms with van der Waals surface area (Å²) in [6.45, 7) is 5.71. The molecule has 0 saturated carbocycles. The molecule has 2 aliphatic heterocycles. The van der Waals surface area contributed by atoms with E-state index < -0.39 is 23.7 Å². The minimum absolute atomic E-state index is 0.0867. The lowest BCUT2D eigenvalue weighted by atomic mass is 9.81. The van der Waals surface area contributed by atoms with E-state index in [4.69, 9.17) is 19.2 Å². The fraction of sp³-hybridized carbons (Fsp3) is 0.320. The van der Waals surface area contributed by atoms with E-state index in [1.807, 2.05) is 68.5 Å². The predicted molar refractivity (Wildman–Crippen MR) is 124 cm³/mol. The molecule has 2 bridgehead atoms. The lowest BCUT2D eigenvalue weighted by Crippen LogP contribution is -2.58. The molecule has 3 heterocycles. The predicted octanol–water partition coefficient (Wildman–Crippen LogP) is 2.65. The van der Waals surface area contributed by atoms with E-state index in [9.17, 15) is 9.59 Å². The van der Waals surface area contributed by atoms with Gasteiger partial charge in [-0.05, 0) is 50.6 Å². The van der Waals surface area contributed by atoms with Crippen LogP contribution in [0.1, 0.15) is 37.9 Å². The highest BCUT2D eigenvalue weighted by Crippen LogP contribution is 2.47. The summed E-state index contributed by atoms with van der Waals surface area (Å²) < 4.78 is 19.1. The largest absolute Gasteiger partial charge is 0.491 e. The van der Waals surface area contributed by atoms with E-state index >= 15 is 0 Å². The molecular weight excluding hydrogens is 440 g/mol. The Bertz CT molecular complexity index is 1410. The zero-order valence-corrected chi connectivity index (χ0v) is 19.6. The van der Waals surface area contributed by atoms with Crippen molar-refractivity contribution >= 4 is 23.4 Å². The van der Waals surface area contributed by atoms with Gasteiger partial charge in [-0.3, -0.25) is 14.2 Å². The molecule has 33 heavy (non-hydrogen) atoms. The van der Waals surface area contributed by atoms with Gasteiger partial charge >= 0.3 is 5.97 Å². The van der Waals surface area contributed by atoms with Gasteiger partial charge in [-0.15, -0.1) is 0 Å². The van der Waals surface area contributed by atoms with Crippen molar-refractivity contribution < 1.29 is 19.0 Å². The van der Waals surface area contributed by atoms with Gasteiger partial charge < -0.3 is 14.2 Å². The molecule has 0 aliphatic carbocycles. The number of ether oxygens (including phenoxy) is 3. The molecule has 1 aromatic heterocycles. The van der Waals surface area contributed by atoms with Gasteiger partial charge in [0.25, 0.3) is 5.56 Å². The van der Waals surface area contributed by atoms with E-state index in [-0.39, 0.29) is 11.7 Å². The quantitative estimate of drug-likeness (QED) is 0.555. The molecule has 2 aliphatic rings. The number of benzene rings is 2. The maximum absolute atomic E-state index is 13.6. The molecule has 5 rings (SSSR count). The molecule has 0 unspecified atom stereocenters.